The van der Waals surface area contributed by atoms with Crippen molar-refractivity contribution in [3.8, 4) is 5.69 Å². The van der Waals surface area contributed by atoms with Crippen molar-refractivity contribution in [1.82, 2.24) is 25.1 Å². The van der Waals surface area contributed by atoms with Crippen molar-refractivity contribution in [1.29, 1.82) is 0 Å². The van der Waals surface area contributed by atoms with Crippen molar-refractivity contribution in [3.05, 3.63) is 71.0 Å². The summed E-state index contributed by atoms with van der Waals surface area (Å²) in [5.41, 5.74) is -0.608. The van der Waals surface area contributed by atoms with E-state index in [-0.39, 0.29) is 24.2 Å². The van der Waals surface area contributed by atoms with Crippen molar-refractivity contribution in [2.75, 3.05) is 30.9 Å². The second-order valence-corrected chi connectivity index (χ2v) is 10.6. The lowest BCUT2D eigenvalue weighted by Crippen LogP contribution is -2.35. The fourth-order valence-electron chi connectivity index (χ4n) is 5.06. The van der Waals surface area contributed by atoms with Crippen LogP contribution in [-0.4, -0.2) is 52.3 Å². The molecule has 0 saturated heterocycles. The maximum Gasteiger partial charge on any atom is 0.434 e. The molecule has 4 aromatic rings. The Labute approximate surface area is 234 Å². The zero-order valence-electron chi connectivity index (χ0n) is 22.0. The van der Waals surface area contributed by atoms with Crippen LogP contribution in [0.1, 0.15) is 41.7 Å². The van der Waals surface area contributed by atoms with Crippen LogP contribution < -0.4 is 15.5 Å². The molecule has 5 rings (SSSR count). The first-order valence-electron chi connectivity index (χ1n) is 13.0. The summed E-state index contributed by atoms with van der Waals surface area (Å²) in [4.78, 5) is 24.2. The number of rotatable bonds is 7. The lowest BCUT2D eigenvalue weighted by Gasteiger charge is -2.29. The maximum atomic E-state index is 14.0. The summed E-state index contributed by atoms with van der Waals surface area (Å²) in [5, 5.41) is 11.4. The molecular formula is C28H29ClF3N7O. The summed E-state index contributed by atoms with van der Waals surface area (Å²) in [6.45, 7) is 0.284. The number of carbonyl (C=O) groups excluding carboxylic acids is 1. The zero-order chi connectivity index (χ0) is 28.4. The van der Waals surface area contributed by atoms with Crippen LogP contribution in [0.5, 0.6) is 0 Å². The van der Waals surface area contributed by atoms with Crippen LogP contribution >= 0.6 is 11.6 Å². The molecule has 1 saturated carbocycles. The van der Waals surface area contributed by atoms with E-state index < -0.39 is 23.3 Å². The maximum absolute atomic E-state index is 14.0. The van der Waals surface area contributed by atoms with Crippen molar-refractivity contribution in [2.24, 2.45) is 5.92 Å². The van der Waals surface area contributed by atoms with E-state index in [4.69, 9.17) is 16.6 Å². The molecule has 210 valence electrons. The smallest absolute Gasteiger partial charge is 0.362 e. The van der Waals surface area contributed by atoms with Gasteiger partial charge in [0.1, 0.15) is 5.82 Å². The summed E-state index contributed by atoms with van der Waals surface area (Å²) >= 11 is 5.86. The van der Waals surface area contributed by atoms with E-state index in [1.54, 1.807) is 0 Å². The molecule has 8 nitrogen and oxygen atoms in total. The molecule has 2 heterocycles. The Morgan fingerprint density at radius 3 is 2.42 bits per heavy atom. The van der Waals surface area contributed by atoms with Crippen LogP contribution in [0.4, 0.5) is 24.9 Å². The molecule has 0 unspecified atom stereocenters. The fraction of sp³-hybridized carbons (Fsp3) is 0.357. The first kappa shape index (κ1) is 27.7. The molecule has 0 radical (unpaired) electrons. The molecule has 0 bridgehead atoms. The molecule has 40 heavy (non-hydrogen) atoms. The molecule has 2 aromatic carbocycles. The van der Waals surface area contributed by atoms with Gasteiger partial charge in [0.2, 0.25) is 5.95 Å². The third-order valence-electron chi connectivity index (χ3n) is 7.09. The largest absolute Gasteiger partial charge is 0.434 e. The number of hydrogen-bond donors (Lipinski definition) is 2. The zero-order valence-corrected chi connectivity index (χ0v) is 22.8. The van der Waals surface area contributed by atoms with E-state index in [9.17, 15) is 18.0 Å². The number of benzene rings is 2. The van der Waals surface area contributed by atoms with Gasteiger partial charge in [0.25, 0.3) is 5.91 Å². The van der Waals surface area contributed by atoms with Crippen LogP contribution in [-0.2, 0) is 6.18 Å². The minimum Gasteiger partial charge on any atom is -0.362 e. The third kappa shape index (κ3) is 5.99. The van der Waals surface area contributed by atoms with Crippen LogP contribution in [0.25, 0.3) is 16.6 Å². The molecule has 1 fully saturated rings. The lowest BCUT2D eigenvalue weighted by atomic mass is 9.86. The Hall–Kier alpha value is -3.86. The fourth-order valence-corrected chi connectivity index (χ4v) is 5.18. The number of alkyl halides is 3. The van der Waals surface area contributed by atoms with Crippen LogP contribution in [0.15, 0.2) is 54.7 Å². The molecule has 0 spiro atoms. The number of carbonyl (C=O) groups is 1. The molecule has 12 heteroatoms. The van der Waals surface area contributed by atoms with Gasteiger partial charge in [0.05, 0.1) is 23.0 Å². The number of aromatic nitrogens is 4. The van der Waals surface area contributed by atoms with Gasteiger partial charge in [-0.05, 0) is 68.0 Å². The van der Waals surface area contributed by atoms with Crippen molar-refractivity contribution >= 4 is 40.2 Å². The lowest BCUT2D eigenvalue weighted by molar-refractivity contribution is -0.143. The van der Waals surface area contributed by atoms with Crippen molar-refractivity contribution in [3.63, 3.8) is 0 Å². The highest BCUT2D eigenvalue weighted by molar-refractivity contribution is 6.30. The highest BCUT2D eigenvalue weighted by Gasteiger charge is 2.40. The van der Waals surface area contributed by atoms with Gasteiger partial charge in [0, 0.05) is 37.1 Å². The number of para-hydroxylation sites is 1. The predicted octanol–water partition coefficient (Wildman–Crippen LogP) is 5.95. The average Bonchev–Trinajstić information content (AvgIpc) is 3.39. The van der Waals surface area contributed by atoms with E-state index >= 15 is 0 Å². The predicted molar refractivity (Wildman–Crippen MR) is 149 cm³/mol. The summed E-state index contributed by atoms with van der Waals surface area (Å²) in [6, 6.07) is 13.8. The molecule has 1 aliphatic carbocycles. The Balaban J connectivity index is 1.20. The Morgan fingerprint density at radius 2 is 1.75 bits per heavy atom. The van der Waals surface area contributed by atoms with Gasteiger partial charge in [-0.2, -0.15) is 23.3 Å². The summed E-state index contributed by atoms with van der Waals surface area (Å²) in [7, 11) is 3.89. The second-order valence-electron chi connectivity index (χ2n) is 10.1. The highest BCUT2D eigenvalue weighted by atomic mass is 35.5. The minimum absolute atomic E-state index is 0.150. The number of hydrogen-bond acceptors (Lipinski definition) is 6. The molecule has 1 aliphatic rings. The number of amides is 1. The SMILES string of the molecule is CN(C)c1nc(NC2CCC(CNC(=O)c3cnn(-c4ccc(Cl)cc4)c3C(F)(F)F)CC2)nc2ccccc12. The standard InChI is InChI=1S/C28H29ClF3N7O/c1-38(2)25-21-5-3-4-6-23(21)36-27(37-25)35-19-11-7-17(8-12-19)15-33-26(40)22-16-34-39(24(22)28(30,31)32)20-13-9-18(29)10-14-20/h3-6,9-10,13-14,16-17,19H,7-8,11-12,15H2,1-2H3,(H,33,40)(H,35,36,37). The number of halogens is 4. The van der Waals surface area contributed by atoms with E-state index in [1.807, 2.05) is 43.3 Å². The number of fused-ring (bicyclic) bond motifs is 1. The van der Waals surface area contributed by atoms with Gasteiger partial charge in [-0.15, -0.1) is 0 Å². The van der Waals surface area contributed by atoms with Crippen LogP contribution in [0.3, 0.4) is 0 Å². The van der Waals surface area contributed by atoms with E-state index in [2.05, 4.69) is 20.7 Å². The Bertz CT molecular complexity index is 1500. The molecule has 2 aromatic heterocycles. The van der Waals surface area contributed by atoms with E-state index in [0.29, 0.717) is 11.0 Å². The normalized spacial score (nSPS) is 17.6. The van der Waals surface area contributed by atoms with Crippen LogP contribution in [0.2, 0.25) is 5.02 Å². The molecular weight excluding hydrogens is 543 g/mol. The average molecular weight is 572 g/mol. The first-order chi connectivity index (χ1) is 19.1. The van der Waals surface area contributed by atoms with Crippen molar-refractivity contribution in [2.45, 2.75) is 37.9 Å². The van der Waals surface area contributed by atoms with Gasteiger partial charge in [-0.3, -0.25) is 4.79 Å². The van der Waals surface area contributed by atoms with Gasteiger partial charge < -0.3 is 15.5 Å². The van der Waals surface area contributed by atoms with E-state index in [0.717, 1.165) is 53.3 Å². The number of nitrogens with one attached hydrogen (secondary N) is 2. The first-order valence-corrected chi connectivity index (χ1v) is 13.4. The van der Waals surface area contributed by atoms with Gasteiger partial charge in [-0.25, -0.2) is 9.67 Å². The van der Waals surface area contributed by atoms with Gasteiger partial charge >= 0.3 is 6.18 Å². The summed E-state index contributed by atoms with van der Waals surface area (Å²) in [6.07, 6.45) is -0.542. The van der Waals surface area contributed by atoms with Crippen LogP contribution in [0, 0.1) is 5.92 Å². The van der Waals surface area contributed by atoms with E-state index in [1.165, 1.54) is 24.3 Å². The second kappa shape index (κ2) is 11.3. The Kier molecular flexibility index (Phi) is 7.84. The number of anilines is 2. The van der Waals surface area contributed by atoms with Gasteiger partial charge in [0.15, 0.2) is 5.69 Å². The highest BCUT2D eigenvalue weighted by Crippen LogP contribution is 2.34. The Morgan fingerprint density at radius 1 is 1.05 bits per heavy atom. The quantitative estimate of drug-likeness (QED) is 0.285. The monoisotopic (exact) mass is 571 g/mol. The summed E-state index contributed by atoms with van der Waals surface area (Å²) in [5.74, 6) is 0.754. The van der Waals surface area contributed by atoms with Crippen molar-refractivity contribution < 1.29 is 18.0 Å². The molecule has 0 aliphatic heterocycles. The molecule has 1 amide bonds. The summed E-state index contributed by atoms with van der Waals surface area (Å²) < 4.78 is 42.6. The number of nitrogens with zero attached hydrogens (tertiary/aromatic N) is 5. The molecule has 0 atom stereocenters. The topological polar surface area (TPSA) is 88.0 Å². The molecule has 2 N–H and O–H groups in total. The minimum atomic E-state index is -4.77. The van der Waals surface area contributed by atoms with Gasteiger partial charge in [-0.1, -0.05) is 23.7 Å². The third-order valence-corrected chi connectivity index (χ3v) is 7.34.